The van der Waals surface area contributed by atoms with E-state index in [0.29, 0.717) is 26.8 Å². The van der Waals surface area contributed by atoms with Gasteiger partial charge in [0.05, 0.1) is 5.56 Å². The van der Waals surface area contributed by atoms with Crippen molar-refractivity contribution in [1.29, 1.82) is 0 Å². The molecule has 0 saturated carbocycles. The molecule has 0 spiro atoms. The van der Waals surface area contributed by atoms with Crippen LogP contribution in [-0.2, 0) is 0 Å². The van der Waals surface area contributed by atoms with Crippen molar-refractivity contribution >= 4 is 52.7 Å². The van der Waals surface area contributed by atoms with Crippen LogP contribution in [-0.4, -0.2) is 15.3 Å². The Labute approximate surface area is 181 Å². The Bertz CT molecular complexity index is 680. The summed E-state index contributed by atoms with van der Waals surface area (Å²) in [4.78, 5) is 0. The van der Waals surface area contributed by atoms with Crippen LogP contribution in [0.25, 0.3) is 0 Å². The molecule has 0 aromatic heterocycles. The van der Waals surface area contributed by atoms with E-state index in [0.717, 1.165) is 0 Å². The smallest absolute Gasteiger partial charge is 0.618 e. The first kappa shape index (κ1) is 19.1. The quantitative estimate of drug-likeness (QED) is 0.169. The molecule has 0 aliphatic heterocycles. The SMILES string of the molecule is [K+].[O-]/[N+](=C\c1ccccc1OC(=S)S)c1ccccc1Cl. The summed E-state index contributed by atoms with van der Waals surface area (Å²) in [5.74, 6) is 0.459. The molecule has 0 heterocycles. The number of nitrogens with zero attached hydrogens (tertiary/aromatic N) is 1. The van der Waals surface area contributed by atoms with E-state index in [2.05, 4.69) is 12.6 Å². The Morgan fingerprint density at radius 2 is 1.81 bits per heavy atom. The fourth-order valence-electron chi connectivity index (χ4n) is 1.60. The fourth-order valence-corrected chi connectivity index (χ4v) is 2.01. The number of benzene rings is 2. The van der Waals surface area contributed by atoms with Gasteiger partial charge in [0, 0.05) is 6.07 Å². The molecule has 2 aromatic carbocycles. The van der Waals surface area contributed by atoms with E-state index in [1.54, 1.807) is 48.5 Å². The summed E-state index contributed by atoms with van der Waals surface area (Å²) in [5.41, 5.74) is 0.941. The van der Waals surface area contributed by atoms with Crippen molar-refractivity contribution in [1.82, 2.24) is 0 Å². The first-order valence-electron chi connectivity index (χ1n) is 5.63. The Balaban J connectivity index is 0.00000220. The number of para-hydroxylation sites is 2. The van der Waals surface area contributed by atoms with Gasteiger partial charge < -0.3 is 9.94 Å². The van der Waals surface area contributed by atoms with Crippen LogP contribution >= 0.6 is 36.4 Å². The van der Waals surface area contributed by atoms with Crippen LogP contribution in [0.1, 0.15) is 5.56 Å². The maximum absolute atomic E-state index is 12.1. The zero-order chi connectivity index (χ0) is 14.5. The Hall–Kier alpha value is 0.0764. The van der Waals surface area contributed by atoms with Crippen molar-refractivity contribution < 1.29 is 60.9 Å². The van der Waals surface area contributed by atoms with Crippen molar-refractivity contribution in [2.24, 2.45) is 0 Å². The minimum atomic E-state index is 0. The number of rotatable bonds is 3. The first-order valence-corrected chi connectivity index (χ1v) is 6.87. The molecule has 102 valence electrons. The van der Waals surface area contributed by atoms with Crippen molar-refractivity contribution in [2.75, 3.05) is 0 Å². The summed E-state index contributed by atoms with van der Waals surface area (Å²) >= 11 is 14.7. The normalized spacial score (nSPS) is 10.7. The number of thiocarbonyl (C=S) groups is 1. The van der Waals surface area contributed by atoms with Crippen LogP contribution in [0.15, 0.2) is 48.5 Å². The molecule has 2 rings (SSSR count). The van der Waals surface area contributed by atoms with Crippen molar-refractivity contribution in [3.05, 3.63) is 64.3 Å². The minimum absolute atomic E-state index is 0. The molecule has 3 nitrogen and oxygen atoms in total. The van der Waals surface area contributed by atoms with Gasteiger partial charge in [-0.25, -0.2) is 0 Å². The topological polar surface area (TPSA) is 35.3 Å². The molecule has 0 unspecified atom stereocenters. The standard InChI is InChI=1S/C14H10ClNO2S2.K/c15-11-6-2-3-7-12(11)16(17)9-10-5-1-4-8-13(10)18-14(19)20;/h1-9H,(H,19,20);/q;+1/b16-9-;. The van der Waals surface area contributed by atoms with Crippen molar-refractivity contribution in [2.45, 2.75) is 0 Å². The van der Waals surface area contributed by atoms with E-state index >= 15 is 0 Å². The van der Waals surface area contributed by atoms with Gasteiger partial charge in [0.1, 0.15) is 10.8 Å². The van der Waals surface area contributed by atoms with Gasteiger partial charge in [-0.05, 0) is 30.4 Å². The number of hydrogen-bond donors (Lipinski definition) is 1. The minimum Gasteiger partial charge on any atom is -0.618 e. The van der Waals surface area contributed by atoms with Gasteiger partial charge in [-0.1, -0.05) is 48.5 Å². The van der Waals surface area contributed by atoms with E-state index in [4.69, 9.17) is 28.6 Å². The molecule has 0 amide bonds. The van der Waals surface area contributed by atoms with Crippen LogP contribution in [0.5, 0.6) is 5.75 Å². The second kappa shape index (κ2) is 9.27. The summed E-state index contributed by atoms with van der Waals surface area (Å²) in [5, 5.41) is 12.5. The van der Waals surface area contributed by atoms with E-state index in [-0.39, 0.29) is 55.8 Å². The second-order valence-electron chi connectivity index (χ2n) is 3.81. The van der Waals surface area contributed by atoms with E-state index in [1.807, 2.05) is 0 Å². The van der Waals surface area contributed by atoms with Gasteiger partial charge in [0.25, 0.3) is 0 Å². The monoisotopic (exact) mass is 362 g/mol. The average Bonchev–Trinajstić information content (AvgIpc) is 2.41. The first-order chi connectivity index (χ1) is 9.58. The van der Waals surface area contributed by atoms with E-state index in [9.17, 15) is 5.21 Å². The van der Waals surface area contributed by atoms with Crippen molar-refractivity contribution in [3.8, 4) is 5.75 Å². The molecule has 0 fully saturated rings. The van der Waals surface area contributed by atoms with Gasteiger partial charge >= 0.3 is 51.4 Å². The predicted molar refractivity (Wildman–Crippen MR) is 88.6 cm³/mol. The summed E-state index contributed by atoms with van der Waals surface area (Å²) in [6.45, 7) is 0. The van der Waals surface area contributed by atoms with E-state index < -0.39 is 0 Å². The summed E-state index contributed by atoms with van der Waals surface area (Å²) in [6, 6.07) is 13.8. The Morgan fingerprint density at radius 3 is 2.48 bits per heavy atom. The molecule has 0 N–H and O–H groups in total. The number of hydrogen-bond acceptors (Lipinski definition) is 3. The molecule has 21 heavy (non-hydrogen) atoms. The maximum atomic E-state index is 12.1. The summed E-state index contributed by atoms with van der Waals surface area (Å²) < 4.78 is 6.05. The average molecular weight is 363 g/mol. The summed E-state index contributed by atoms with van der Waals surface area (Å²) in [7, 11) is 0. The van der Waals surface area contributed by atoms with Gasteiger partial charge in [-0.2, -0.15) is 4.74 Å². The number of thiol groups is 1. The number of ether oxygens (including phenoxy) is 1. The van der Waals surface area contributed by atoms with Gasteiger partial charge in [-0.3, -0.25) is 0 Å². The van der Waals surface area contributed by atoms with Gasteiger partial charge in [0.15, 0.2) is 6.21 Å². The third-order valence-electron chi connectivity index (χ3n) is 2.46. The van der Waals surface area contributed by atoms with Crippen LogP contribution in [0.2, 0.25) is 5.02 Å². The van der Waals surface area contributed by atoms with Gasteiger partial charge in [-0.15, -0.1) is 0 Å². The molecule has 0 atom stereocenters. The third kappa shape index (κ3) is 5.65. The maximum Gasteiger partial charge on any atom is 1.00 e. The van der Waals surface area contributed by atoms with Gasteiger partial charge in [0.2, 0.25) is 10.1 Å². The summed E-state index contributed by atoms with van der Waals surface area (Å²) in [6.07, 6.45) is 1.38. The molecule has 0 aliphatic rings. The third-order valence-corrected chi connectivity index (χ3v) is 2.96. The van der Waals surface area contributed by atoms with Crippen LogP contribution in [0.4, 0.5) is 5.69 Å². The Kier molecular flexibility index (Phi) is 8.44. The molecular formula is C14H10ClKNO2S2+. The molecule has 2 aromatic rings. The molecular weight excluding hydrogens is 353 g/mol. The predicted octanol–water partition coefficient (Wildman–Crippen LogP) is 1.20. The second-order valence-corrected chi connectivity index (χ2v) is 5.30. The molecule has 7 heteroatoms. The van der Waals surface area contributed by atoms with Crippen LogP contribution < -0.4 is 56.1 Å². The van der Waals surface area contributed by atoms with Crippen molar-refractivity contribution in [3.63, 3.8) is 0 Å². The molecule has 0 radical (unpaired) electrons. The Morgan fingerprint density at radius 1 is 1.19 bits per heavy atom. The fraction of sp³-hybridized carbons (Fsp3) is 0. The molecule has 0 saturated heterocycles. The molecule has 0 aliphatic carbocycles. The van der Waals surface area contributed by atoms with Crippen LogP contribution in [0, 0.1) is 5.21 Å². The van der Waals surface area contributed by atoms with Crippen LogP contribution in [0.3, 0.4) is 0 Å². The van der Waals surface area contributed by atoms with E-state index in [1.165, 1.54) is 6.21 Å². The zero-order valence-electron chi connectivity index (χ0n) is 11.2. The molecule has 0 bridgehead atoms. The largest absolute Gasteiger partial charge is 1.00 e. The zero-order valence-corrected chi connectivity index (χ0v) is 16.8. The number of halogens is 1.